The minimum absolute atomic E-state index is 0.0165. The van der Waals surface area contributed by atoms with E-state index in [4.69, 9.17) is 15.2 Å². The van der Waals surface area contributed by atoms with Crippen LogP contribution in [-0.4, -0.2) is 52.7 Å². The number of carbonyl (C=O) groups is 2. The van der Waals surface area contributed by atoms with Crippen LogP contribution in [0, 0.1) is 18.6 Å². The average Bonchev–Trinajstić information content (AvgIpc) is 3.62. The van der Waals surface area contributed by atoms with Gasteiger partial charge in [-0.1, -0.05) is 0 Å². The van der Waals surface area contributed by atoms with Gasteiger partial charge in [-0.2, -0.15) is 0 Å². The topological polar surface area (TPSA) is 120 Å². The number of aromatic nitrogens is 2. The number of anilines is 2. The van der Waals surface area contributed by atoms with E-state index < -0.39 is 29.2 Å². The first-order valence-electron chi connectivity index (χ1n) is 13.9. The Morgan fingerprint density at radius 1 is 1.12 bits per heavy atom. The molecule has 9 nitrogen and oxygen atoms in total. The van der Waals surface area contributed by atoms with E-state index in [9.17, 15) is 14.0 Å². The van der Waals surface area contributed by atoms with Gasteiger partial charge in [0.25, 0.3) is 5.91 Å². The number of halogens is 2. The first kappa shape index (κ1) is 29.2. The number of hydrogen-bond acceptors (Lipinski definition) is 7. The van der Waals surface area contributed by atoms with Crippen molar-refractivity contribution < 1.29 is 27.8 Å². The van der Waals surface area contributed by atoms with Gasteiger partial charge in [0.05, 0.1) is 12.1 Å². The molecule has 42 heavy (non-hydrogen) atoms. The van der Waals surface area contributed by atoms with Gasteiger partial charge in [0.15, 0.2) is 11.6 Å². The van der Waals surface area contributed by atoms with Crippen molar-refractivity contribution in [3.05, 3.63) is 64.5 Å². The second-order valence-corrected chi connectivity index (χ2v) is 12.0. The molecule has 5 rings (SSSR count). The first-order chi connectivity index (χ1) is 19.8. The van der Waals surface area contributed by atoms with E-state index in [0.29, 0.717) is 11.1 Å². The van der Waals surface area contributed by atoms with Crippen LogP contribution in [0.1, 0.15) is 67.1 Å². The smallest absolute Gasteiger partial charge is 0.410 e. The highest BCUT2D eigenvalue weighted by Gasteiger charge is 2.48. The zero-order valence-electron chi connectivity index (χ0n) is 24.4. The van der Waals surface area contributed by atoms with Crippen molar-refractivity contribution in [2.24, 2.45) is 0 Å². The number of nitrogens with zero attached hydrogens (tertiary/aromatic N) is 3. The van der Waals surface area contributed by atoms with Crippen molar-refractivity contribution in [1.29, 1.82) is 0 Å². The fourth-order valence-corrected chi connectivity index (χ4v) is 5.35. The molecule has 11 heteroatoms. The van der Waals surface area contributed by atoms with Gasteiger partial charge in [-0.15, -0.1) is 0 Å². The van der Waals surface area contributed by atoms with Gasteiger partial charge in [0.2, 0.25) is 0 Å². The summed E-state index contributed by atoms with van der Waals surface area (Å²) in [4.78, 5) is 35.1. The monoisotopic (exact) mass is 579 g/mol. The van der Waals surface area contributed by atoms with E-state index in [1.165, 1.54) is 29.4 Å². The average molecular weight is 580 g/mol. The number of fused-ring (bicyclic) bond motifs is 2. The normalized spacial score (nSPS) is 14.8. The van der Waals surface area contributed by atoms with E-state index in [1.807, 2.05) is 0 Å². The summed E-state index contributed by atoms with van der Waals surface area (Å²) in [6.45, 7) is 7.18. The van der Waals surface area contributed by atoms with Crippen LogP contribution in [0.4, 0.5) is 25.1 Å². The lowest BCUT2D eigenvalue weighted by molar-refractivity contribution is 0.0278. The second-order valence-electron chi connectivity index (χ2n) is 12.0. The molecule has 2 aliphatic carbocycles. The zero-order valence-corrected chi connectivity index (χ0v) is 24.4. The number of nitrogens with two attached hydrogens (primary N) is 1. The largest absolute Gasteiger partial charge is 0.486 e. The molecule has 0 saturated heterocycles. The van der Waals surface area contributed by atoms with Crippen LogP contribution in [0.5, 0.6) is 5.75 Å². The van der Waals surface area contributed by atoms with Crippen molar-refractivity contribution in [3.63, 3.8) is 0 Å². The molecule has 0 unspecified atom stereocenters. The Balaban J connectivity index is 1.37. The summed E-state index contributed by atoms with van der Waals surface area (Å²) in [5.74, 6) is -1.80. The number of nitrogens with one attached hydrogen (secondary N) is 1. The van der Waals surface area contributed by atoms with Crippen LogP contribution in [0.3, 0.4) is 0 Å². The van der Waals surface area contributed by atoms with Crippen molar-refractivity contribution >= 4 is 23.5 Å². The number of amides is 2. The number of ether oxygens (including phenoxy) is 2. The molecule has 2 amide bonds. The summed E-state index contributed by atoms with van der Waals surface area (Å²) < 4.78 is 41.2. The lowest BCUT2D eigenvalue weighted by atomic mass is 9.96. The van der Waals surface area contributed by atoms with Gasteiger partial charge in [0.1, 0.15) is 35.9 Å². The lowest BCUT2D eigenvalue weighted by Gasteiger charge is -2.24. The summed E-state index contributed by atoms with van der Waals surface area (Å²) in [5, 5.41) is 2.68. The SMILES string of the molecule is Cc1c(NC(=O)c2cc3c(cc2F)C2(CC3)CC2)cc(F)cc1-c1ncnc(N)c1OCCN(C)C(=O)OC(C)(C)C. The number of hydrogen-bond donors (Lipinski definition) is 2. The molecule has 3 N–H and O–H groups in total. The fourth-order valence-electron chi connectivity index (χ4n) is 5.35. The molecule has 0 bridgehead atoms. The molecule has 1 aromatic heterocycles. The minimum Gasteiger partial charge on any atom is -0.486 e. The van der Waals surface area contributed by atoms with Crippen LogP contribution in [0.15, 0.2) is 30.6 Å². The van der Waals surface area contributed by atoms with Crippen molar-refractivity contribution in [1.82, 2.24) is 14.9 Å². The van der Waals surface area contributed by atoms with Gasteiger partial charge < -0.3 is 25.4 Å². The maximum absolute atomic E-state index is 15.1. The van der Waals surface area contributed by atoms with Crippen molar-refractivity contribution in [3.8, 4) is 17.0 Å². The highest BCUT2D eigenvalue weighted by Crippen LogP contribution is 2.57. The Kier molecular flexibility index (Phi) is 7.55. The van der Waals surface area contributed by atoms with Gasteiger partial charge in [-0.3, -0.25) is 4.79 Å². The third-order valence-electron chi connectivity index (χ3n) is 7.82. The summed E-state index contributed by atoms with van der Waals surface area (Å²) in [6.07, 6.45) is 4.59. The van der Waals surface area contributed by atoms with Gasteiger partial charge >= 0.3 is 6.09 Å². The molecule has 0 radical (unpaired) electrons. The zero-order chi connectivity index (χ0) is 30.4. The van der Waals surface area contributed by atoms with E-state index in [1.54, 1.807) is 40.8 Å². The Bertz CT molecular complexity index is 1570. The van der Waals surface area contributed by atoms with Gasteiger partial charge in [-0.25, -0.2) is 23.5 Å². The second kappa shape index (κ2) is 10.8. The van der Waals surface area contributed by atoms with Crippen LogP contribution >= 0.6 is 0 Å². The van der Waals surface area contributed by atoms with Crippen LogP contribution < -0.4 is 15.8 Å². The highest BCUT2D eigenvalue weighted by molar-refractivity contribution is 6.05. The van der Waals surface area contributed by atoms with E-state index >= 15 is 4.39 Å². The molecule has 2 aromatic carbocycles. The lowest BCUT2D eigenvalue weighted by Crippen LogP contribution is -2.36. The molecule has 1 spiro atoms. The van der Waals surface area contributed by atoms with Gasteiger partial charge in [-0.05, 0) is 99.7 Å². The Labute approximate surface area is 243 Å². The predicted octanol–water partition coefficient (Wildman–Crippen LogP) is 5.79. The molecule has 1 heterocycles. The molecule has 222 valence electrons. The highest BCUT2D eigenvalue weighted by atomic mass is 19.1. The summed E-state index contributed by atoms with van der Waals surface area (Å²) in [6, 6.07) is 5.52. The number of likely N-dealkylation sites (N-methyl/N-ethyl adjacent to an activating group) is 1. The molecule has 2 aliphatic rings. The number of rotatable bonds is 7. The van der Waals surface area contributed by atoms with Crippen LogP contribution in [-0.2, 0) is 16.6 Å². The maximum atomic E-state index is 15.1. The molecule has 1 fully saturated rings. The van der Waals surface area contributed by atoms with Crippen LogP contribution in [0.25, 0.3) is 11.3 Å². The third kappa shape index (κ3) is 5.86. The molecule has 0 atom stereocenters. The molecular formula is C31H35F2N5O4. The predicted molar refractivity (Wildman–Crippen MR) is 155 cm³/mol. The minimum atomic E-state index is -0.671. The quantitative estimate of drug-likeness (QED) is 0.364. The first-order valence-corrected chi connectivity index (χ1v) is 13.9. The summed E-state index contributed by atoms with van der Waals surface area (Å²) in [5.41, 5.74) is 8.59. The van der Waals surface area contributed by atoms with Crippen LogP contribution in [0.2, 0.25) is 0 Å². The third-order valence-corrected chi connectivity index (χ3v) is 7.82. The molecule has 1 saturated carbocycles. The number of carbonyl (C=O) groups excluding carboxylic acids is 2. The Morgan fingerprint density at radius 2 is 1.86 bits per heavy atom. The van der Waals surface area contributed by atoms with Gasteiger partial charge in [0, 0.05) is 18.3 Å². The molecule has 3 aromatic rings. The fraction of sp³-hybridized carbons (Fsp3) is 0.419. The Morgan fingerprint density at radius 3 is 2.55 bits per heavy atom. The summed E-state index contributed by atoms with van der Waals surface area (Å²) >= 11 is 0. The number of aryl methyl sites for hydroxylation is 1. The maximum Gasteiger partial charge on any atom is 0.410 e. The number of benzene rings is 2. The van der Waals surface area contributed by atoms with E-state index in [2.05, 4.69) is 15.3 Å². The Hall–Kier alpha value is -4.28. The standard InChI is InChI=1S/C31H35F2N5O4/c1-17-20(25-26(27(34)36-16-35-25)41-11-10-38(5)29(40)42-30(2,3)4)13-19(32)14-24(17)37-28(39)21-12-18-6-7-31(8-9-31)22(18)15-23(21)33/h12-16H,6-11H2,1-5H3,(H,37,39)(H2,34,35,36). The summed E-state index contributed by atoms with van der Waals surface area (Å²) in [7, 11) is 1.57. The van der Waals surface area contributed by atoms with Crippen molar-refractivity contribution in [2.75, 3.05) is 31.2 Å². The van der Waals surface area contributed by atoms with Crippen molar-refractivity contribution in [2.45, 2.75) is 64.4 Å². The molecular weight excluding hydrogens is 544 g/mol. The number of nitrogen functional groups attached to an aromatic ring is 1. The molecule has 0 aliphatic heterocycles. The van der Waals surface area contributed by atoms with E-state index in [0.717, 1.165) is 36.8 Å². The van der Waals surface area contributed by atoms with E-state index in [-0.39, 0.29) is 47.1 Å².